The molecule has 104 valence electrons. The van der Waals surface area contributed by atoms with Crippen LogP contribution in [0.2, 0.25) is 0 Å². The molecule has 1 aliphatic rings. The number of methoxy groups -OCH3 is 1. The number of piperidine rings is 1. The summed E-state index contributed by atoms with van der Waals surface area (Å²) in [6.07, 6.45) is 5.33. The molecule has 1 unspecified atom stereocenters. The van der Waals surface area contributed by atoms with Crippen LogP contribution in [-0.2, 0) is 0 Å². The van der Waals surface area contributed by atoms with Crippen molar-refractivity contribution in [3.63, 3.8) is 0 Å². The maximum Gasteiger partial charge on any atom is 0.163 e. The van der Waals surface area contributed by atoms with Crippen LogP contribution in [0.4, 0.5) is 0 Å². The Kier molecular flexibility index (Phi) is 4.97. The van der Waals surface area contributed by atoms with Crippen molar-refractivity contribution >= 4 is 5.78 Å². The number of Topliss-reactive ketones (excluding diaryl/α,β-unsaturated/α-hetero) is 1. The number of aryl methyl sites for hydroxylation is 1. The summed E-state index contributed by atoms with van der Waals surface area (Å²) >= 11 is 0. The van der Waals surface area contributed by atoms with Crippen LogP contribution >= 0.6 is 0 Å². The van der Waals surface area contributed by atoms with Gasteiger partial charge in [-0.25, -0.2) is 0 Å². The number of carbonyl (C=O) groups is 1. The van der Waals surface area contributed by atoms with E-state index in [2.05, 4.69) is 5.32 Å². The molecule has 1 fully saturated rings. The SMILES string of the molecule is COc1ccc(C(=O)CCC2CCCCN2)c(C)c1. The zero-order valence-corrected chi connectivity index (χ0v) is 11.9. The molecular weight excluding hydrogens is 238 g/mol. The van der Waals surface area contributed by atoms with Gasteiger partial charge < -0.3 is 10.1 Å². The first-order valence-corrected chi connectivity index (χ1v) is 7.12. The van der Waals surface area contributed by atoms with E-state index in [0.29, 0.717) is 12.5 Å². The fourth-order valence-corrected chi connectivity index (χ4v) is 2.69. The minimum atomic E-state index is 0.243. The largest absolute Gasteiger partial charge is 0.497 e. The molecule has 3 nitrogen and oxygen atoms in total. The smallest absolute Gasteiger partial charge is 0.163 e. The third-order valence-electron chi connectivity index (χ3n) is 3.87. The van der Waals surface area contributed by atoms with Gasteiger partial charge in [-0.3, -0.25) is 4.79 Å². The molecule has 0 radical (unpaired) electrons. The third-order valence-corrected chi connectivity index (χ3v) is 3.87. The molecule has 1 aliphatic heterocycles. The van der Waals surface area contributed by atoms with Crippen molar-refractivity contribution in [1.29, 1.82) is 0 Å². The number of hydrogen-bond acceptors (Lipinski definition) is 3. The summed E-state index contributed by atoms with van der Waals surface area (Å²) in [4.78, 5) is 12.2. The van der Waals surface area contributed by atoms with Crippen molar-refractivity contribution in [2.45, 2.75) is 45.1 Å². The first kappa shape index (κ1) is 14.1. The molecule has 0 bridgehead atoms. The van der Waals surface area contributed by atoms with E-state index < -0.39 is 0 Å². The van der Waals surface area contributed by atoms with Crippen molar-refractivity contribution in [2.75, 3.05) is 13.7 Å². The van der Waals surface area contributed by atoms with Crippen LogP contribution in [0.25, 0.3) is 0 Å². The van der Waals surface area contributed by atoms with Crippen LogP contribution < -0.4 is 10.1 Å². The van der Waals surface area contributed by atoms with Crippen LogP contribution in [0.15, 0.2) is 18.2 Å². The molecule has 0 aliphatic carbocycles. The second-order valence-electron chi connectivity index (χ2n) is 5.29. The van der Waals surface area contributed by atoms with Crippen molar-refractivity contribution in [3.05, 3.63) is 29.3 Å². The van der Waals surface area contributed by atoms with Gasteiger partial charge in [-0.2, -0.15) is 0 Å². The quantitative estimate of drug-likeness (QED) is 0.828. The minimum absolute atomic E-state index is 0.243. The highest BCUT2D eigenvalue weighted by molar-refractivity contribution is 5.97. The lowest BCUT2D eigenvalue weighted by Gasteiger charge is -2.23. The second kappa shape index (κ2) is 6.71. The molecule has 19 heavy (non-hydrogen) atoms. The van der Waals surface area contributed by atoms with Gasteiger partial charge in [-0.1, -0.05) is 6.42 Å². The molecule has 1 aromatic carbocycles. The molecule has 1 aromatic rings. The summed E-state index contributed by atoms with van der Waals surface area (Å²) in [5.41, 5.74) is 1.83. The summed E-state index contributed by atoms with van der Waals surface area (Å²) in [6, 6.07) is 6.19. The van der Waals surface area contributed by atoms with Gasteiger partial charge in [0.05, 0.1) is 7.11 Å². The van der Waals surface area contributed by atoms with E-state index >= 15 is 0 Å². The summed E-state index contributed by atoms with van der Waals surface area (Å²) in [5.74, 6) is 1.05. The fourth-order valence-electron chi connectivity index (χ4n) is 2.69. The van der Waals surface area contributed by atoms with E-state index in [4.69, 9.17) is 4.74 Å². The summed E-state index contributed by atoms with van der Waals surface area (Å²) in [7, 11) is 1.64. The van der Waals surface area contributed by atoms with Crippen LogP contribution in [0.5, 0.6) is 5.75 Å². The number of hydrogen-bond donors (Lipinski definition) is 1. The van der Waals surface area contributed by atoms with Crippen LogP contribution in [0.1, 0.15) is 48.0 Å². The molecule has 0 aromatic heterocycles. The summed E-state index contributed by atoms with van der Waals surface area (Å²) in [6.45, 7) is 3.06. The Labute approximate surface area is 115 Å². The zero-order valence-electron chi connectivity index (χ0n) is 11.9. The summed E-state index contributed by atoms with van der Waals surface area (Å²) < 4.78 is 5.16. The predicted octanol–water partition coefficient (Wildman–Crippen LogP) is 3.11. The lowest BCUT2D eigenvalue weighted by molar-refractivity contribution is 0.0973. The van der Waals surface area contributed by atoms with Gasteiger partial charge in [0.15, 0.2) is 5.78 Å². The number of benzene rings is 1. The molecule has 1 atom stereocenters. The van der Waals surface area contributed by atoms with Gasteiger partial charge in [0, 0.05) is 18.0 Å². The first-order valence-electron chi connectivity index (χ1n) is 7.12. The molecule has 0 spiro atoms. The predicted molar refractivity (Wildman–Crippen MR) is 76.9 cm³/mol. The zero-order chi connectivity index (χ0) is 13.7. The average Bonchev–Trinajstić information content (AvgIpc) is 2.45. The maximum absolute atomic E-state index is 12.2. The average molecular weight is 261 g/mol. The van der Waals surface area contributed by atoms with Gasteiger partial charge in [-0.15, -0.1) is 0 Å². The Bertz CT molecular complexity index is 436. The molecule has 1 heterocycles. The minimum Gasteiger partial charge on any atom is -0.497 e. The number of ketones is 1. The van der Waals surface area contributed by atoms with E-state index in [1.54, 1.807) is 7.11 Å². The monoisotopic (exact) mass is 261 g/mol. The lowest BCUT2D eigenvalue weighted by atomic mass is 9.96. The number of rotatable bonds is 5. The number of nitrogens with one attached hydrogen (secondary N) is 1. The number of carbonyl (C=O) groups excluding carboxylic acids is 1. The molecule has 3 heteroatoms. The highest BCUT2D eigenvalue weighted by Crippen LogP contribution is 2.20. The summed E-state index contributed by atoms with van der Waals surface area (Å²) in [5, 5.41) is 3.49. The van der Waals surface area contributed by atoms with Gasteiger partial charge in [-0.05, 0) is 56.5 Å². The highest BCUT2D eigenvalue weighted by Gasteiger charge is 2.16. The Morgan fingerprint density at radius 2 is 2.26 bits per heavy atom. The highest BCUT2D eigenvalue weighted by atomic mass is 16.5. The van der Waals surface area contributed by atoms with Crippen molar-refractivity contribution in [3.8, 4) is 5.75 Å². The molecule has 1 N–H and O–H groups in total. The third kappa shape index (κ3) is 3.80. The van der Waals surface area contributed by atoms with Gasteiger partial charge in [0.2, 0.25) is 0 Å². The Hall–Kier alpha value is -1.35. The molecule has 1 saturated heterocycles. The lowest BCUT2D eigenvalue weighted by Crippen LogP contribution is -2.34. The van der Waals surface area contributed by atoms with Crippen molar-refractivity contribution < 1.29 is 9.53 Å². The first-order chi connectivity index (χ1) is 9.20. The maximum atomic E-state index is 12.2. The van der Waals surface area contributed by atoms with E-state index in [-0.39, 0.29) is 5.78 Å². The van der Waals surface area contributed by atoms with E-state index in [9.17, 15) is 4.79 Å². The van der Waals surface area contributed by atoms with Crippen LogP contribution in [0.3, 0.4) is 0 Å². The second-order valence-corrected chi connectivity index (χ2v) is 5.29. The van der Waals surface area contributed by atoms with Crippen LogP contribution in [-0.4, -0.2) is 25.5 Å². The number of ether oxygens (including phenoxy) is 1. The molecule has 0 amide bonds. The topological polar surface area (TPSA) is 38.3 Å². The molecular formula is C16H23NO2. The van der Waals surface area contributed by atoms with Gasteiger partial charge in [0.1, 0.15) is 5.75 Å². The van der Waals surface area contributed by atoms with E-state index in [1.165, 1.54) is 19.3 Å². The Morgan fingerprint density at radius 1 is 1.42 bits per heavy atom. The normalized spacial score (nSPS) is 19.2. The van der Waals surface area contributed by atoms with Crippen LogP contribution in [0, 0.1) is 6.92 Å². The molecule has 2 rings (SSSR count). The fraction of sp³-hybridized carbons (Fsp3) is 0.562. The van der Waals surface area contributed by atoms with Crippen molar-refractivity contribution in [1.82, 2.24) is 5.32 Å². The van der Waals surface area contributed by atoms with Crippen molar-refractivity contribution in [2.24, 2.45) is 0 Å². The molecule has 0 saturated carbocycles. The van der Waals surface area contributed by atoms with E-state index in [1.807, 2.05) is 25.1 Å². The standard InChI is InChI=1S/C16H23NO2/c1-12-11-14(19-2)7-8-15(12)16(18)9-6-13-5-3-4-10-17-13/h7-8,11,13,17H,3-6,9-10H2,1-2H3. The Morgan fingerprint density at radius 3 is 2.89 bits per heavy atom. The Balaban J connectivity index is 1.92. The van der Waals surface area contributed by atoms with Gasteiger partial charge in [0.25, 0.3) is 0 Å². The van der Waals surface area contributed by atoms with E-state index in [0.717, 1.165) is 29.8 Å². The van der Waals surface area contributed by atoms with Gasteiger partial charge >= 0.3 is 0 Å².